The van der Waals surface area contributed by atoms with Gasteiger partial charge in [0.1, 0.15) is 6.10 Å². The molecule has 34 heavy (non-hydrogen) atoms. The lowest BCUT2D eigenvalue weighted by molar-refractivity contribution is -0.147. The fourth-order valence-electron chi connectivity index (χ4n) is 4.26. The molecule has 176 valence electrons. The number of allylic oxidation sites excluding steroid dienone is 2. The molecular weight excluding hydrogens is 454 g/mol. The summed E-state index contributed by atoms with van der Waals surface area (Å²) in [6.07, 6.45) is 3.38. The second-order valence-corrected chi connectivity index (χ2v) is 8.93. The van der Waals surface area contributed by atoms with Crippen molar-refractivity contribution in [3.05, 3.63) is 82.0 Å². The maximum absolute atomic E-state index is 12.7. The number of aliphatic carboxylic acids is 1. The van der Waals surface area contributed by atoms with Crippen molar-refractivity contribution in [2.75, 3.05) is 0 Å². The number of halogens is 1. The van der Waals surface area contributed by atoms with Crippen LogP contribution in [-0.4, -0.2) is 22.2 Å². The van der Waals surface area contributed by atoms with Crippen LogP contribution in [0.25, 0.3) is 16.9 Å². The maximum atomic E-state index is 12.7. The molecule has 1 aliphatic rings. The standard InChI is InChI=1S/C27H26ClNO5/c1-16-23(15-25(30)33-17(2)22-8-3-4-9-24(22)28)26(34-29-16)21-7-5-6-20(14-21)18-10-12-19(13-11-18)27(31)32/h3-10,14,17,19H,11-13,15H2,1-2H3,(H,31,32). The normalized spacial score (nSPS) is 16.6. The van der Waals surface area contributed by atoms with Crippen LogP contribution in [0.4, 0.5) is 0 Å². The molecule has 1 aromatic heterocycles. The lowest BCUT2D eigenvalue weighted by Gasteiger charge is -2.19. The minimum Gasteiger partial charge on any atom is -0.481 e. The van der Waals surface area contributed by atoms with Crippen molar-refractivity contribution >= 4 is 29.1 Å². The van der Waals surface area contributed by atoms with Gasteiger partial charge in [-0.05, 0) is 56.4 Å². The predicted octanol–water partition coefficient (Wildman–Crippen LogP) is 6.42. The van der Waals surface area contributed by atoms with Gasteiger partial charge in [-0.2, -0.15) is 0 Å². The van der Waals surface area contributed by atoms with Crippen LogP contribution in [0, 0.1) is 12.8 Å². The zero-order chi connectivity index (χ0) is 24.2. The first kappa shape index (κ1) is 23.8. The van der Waals surface area contributed by atoms with Crippen LogP contribution in [0.1, 0.15) is 54.7 Å². The average molecular weight is 480 g/mol. The molecule has 6 nitrogen and oxygen atoms in total. The first-order chi connectivity index (χ1) is 16.3. The summed E-state index contributed by atoms with van der Waals surface area (Å²) >= 11 is 6.23. The lowest BCUT2D eigenvalue weighted by Crippen LogP contribution is -2.15. The monoisotopic (exact) mass is 479 g/mol. The van der Waals surface area contributed by atoms with Crippen LogP contribution >= 0.6 is 11.6 Å². The van der Waals surface area contributed by atoms with E-state index in [-0.39, 0.29) is 12.3 Å². The third-order valence-corrected chi connectivity index (χ3v) is 6.56. The quantitative estimate of drug-likeness (QED) is 0.393. The second-order valence-electron chi connectivity index (χ2n) is 8.53. The number of aromatic nitrogens is 1. The largest absolute Gasteiger partial charge is 0.481 e. The van der Waals surface area contributed by atoms with Gasteiger partial charge in [-0.25, -0.2) is 0 Å². The van der Waals surface area contributed by atoms with Crippen molar-refractivity contribution in [1.82, 2.24) is 5.16 Å². The predicted molar refractivity (Wildman–Crippen MR) is 129 cm³/mol. The van der Waals surface area contributed by atoms with Crippen LogP contribution in [-0.2, 0) is 20.7 Å². The minimum atomic E-state index is -0.749. The zero-order valence-electron chi connectivity index (χ0n) is 19.1. The van der Waals surface area contributed by atoms with Gasteiger partial charge < -0.3 is 14.4 Å². The Morgan fingerprint density at radius 1 is 1.21 bits per heavy atom. The number of nitrogens with zero attached hydrogens (tertiary/aromatic N) is 1. The van der Waals surface area contributed by atoms with Crippen molar-refractivity contribution < 1.29 is 24.0 Å². The van der Waals surface area contributed by atoms with E-state index in [1.54, 1.807) is 19.9 Å². The molecule has 2 unspecified atom stereocenters. The smallest absolute Gasteiger partial charge is 0.311 e. The summed E-state index contributed by atoms with van der Waals surface area (Å²) in [6, 6.07) is 15.1. The molecule has 1 aliphatic carbocycles. The number of esters is 1. The van der Waals surface area contributed by atoms with E-state index in [9.17, 15) is 14.7 Å². The summed E-state index contributed by atoms with van der Waals surface area (Å²) in [5.74, 6) is -0.941. The van der Waals surface area contributed by atoms with E-state index in [4.69, 9.17) is 20.9 Å². The summed E-state index contributed by atoms with van der Waals surface area (Å²) in [5, 5.41) is 13.9. The van der Waals surface area contributed by atoms with Gasteiger partial charge in [-0.1, -0.05) is 59.2 Å². The fraction of sp³-hybridized carbons (Fsp3) is 0.296. The van der Waals surface area contributed by atoms with Crippen LogP contribution < -0.4 is 0 Å². The summed E-state index contributed by atoms with van der Waals surface area (Å²) < 4.78 is 11.2. The molecule has 0 radical (unpaired) electrons. The molecule has 4 rings (SSSR count). The first-order valence-electron chi connectivity index (χ1n) is 11.2. The summed E-state index contributed by atoms with van der Waals surface area (Å²) in [4.78, 5) is 24.0. The van der Waals surface area contributed by atoms with Crippen LogP contribution in [0.5, 0.6) is 0 Å². The van der Waals surface area contributed by atoms with Crippen LogP contribution in [0.2, 0.25) is 5.02 Å². The highest BCUT2D eigenvalue weighted by molar-refractivity contribution is 6.31. The number of aryl methyl sites for hydroxylation is 1. The molecule has 1 N–H and O–H groups in total. The van der Waals surface area contributed by atoms with Gasteiger partial charge in [0, 0.05) is 21.7 Å². The minimum absolute atomic E-state index is 0.0205. The van der Waals surface area contributed by atoms with Gasteiger partial charge in [-0.15, -0.1) is 0 Å². The lowest BCUT2D eigenvalue weighted by atomic mass is 9.86. The third kappa shape index (κ3) is 5.23. The summed E-state index contributed by atoms with van der Waals surface area (Å²) in [6.45, 7) is 3.59. The van der Waals surface area contributed by atoms with Crippen molar-refractivity contribution in [1.29, 1.82) is 0 Å². The Bertz CT molecular complexity index is 1250. The fourth-order valence-corrected chi connectivity index (χ4v) is 4.55. The van der Waals surface area contributed by atoms with Gasteiger partial charge >= 0.3 is 11.9 Å². The molecule has 0 fully saturated rings. The molecule has 0 saturated carbocycles. The van der Waals surface area contributed by atoms with Crippen molar-refractivity contribution in [3.63, 3.8) is 0 Å². The average Bonchev–Trinajstić information content (AvgIpc) is 3.19. The third-order valence-electron chi connectivity index (χ3n) is 6.21. The first-order valence-corrected chi connectivity index (χ1v) is 11.6. The molecule has 0 spiro atoms. The number of hydrogen-bond acceptors (Lipinski definition) is 5. The van der Waals surface area contributed by atoms with Crippen molar-refractivity contribution in [2.24, 2.45) is 5.92 Å². The molecule has 2 atom stereocenters. The van der Waals surface area contributed by atoms with E-state index in [1.165, 1.54) is 0 Å². The molecule has 3 aromatic rings. The maximum Gasteiger partial charge on any atom is 0.311 e. The van der Waals surface area contributed by atoms with E-state index < -0.39 is 18.0 Å². The van der Waals surface area contributed by atoms with E-state index in [2.05, 4.69) is 5.16 Å². The molecule has 0 bridgehead atoms. The molecule has 0 aliphatic heterocycles. The molecule has 2 aromatic carbocycles. The second kappa shape index (κ2) is 10.3. The molecule has 0 amide bonds. The Morgan fingerprint density at radius 2 is 1.97 bits per heavy atom. The number of hydrogen-bond donors (Lipinski definition) is 1. The summed E-state index contributed by atoms with van der Waals surface area (Å²) in [5.41, 5.74) is 4.99. The van der Waals surface area contributed by atoms with E-state index in [0.29, 0.717) is 41.3 Å². The summed E-state index contributed by atoms with van der Waals surface area (Å²) in [7, 11) is 0. The Labute approximate surface area is 203 Å². The number of carboxylic acid groups (broad SMARTS) is 1. The zero-order valence-corrected chi connectivity index (χ0v) is 19.8. The van der Waals surface area contributed by atoms with Gasteiger partial charge in [-0.3, -0.25) is 9.59 Å². The molecule has 0 saturated heterocycles. The van der Waals surface area contributed by atoms with E-state index in [0.717, 1.165) is 22.3 Å². The number of carboxylic acids is 1. The van der Waals surface area contributed by atoms with E-state index in [1.807, 2.05) is 48.5 Å². The van der Waals surface area contributed by atoms with Gasteiger partial charge in [0.25, 0.3) is 0 Å². The Hall–Kier alpha value is -3.38. The van der Waals surface area contributed by atoms with Crippen LogP contribution in [0.3, 0.4) is 0 Å². The van der Waals surface area contributed by atoms with Gasteiger partial charge in [0.05, 0.1) is 18.0 Å². The SMILES string of the molecule is Cc1noc(-c2cccc(C3=CCC(C(=O)O)CC3)c2)c1CC(=O)OC(C)c1ccccc1Cl. The number of rotatable bonds is 7. The highest BCUT2D eigenvalue weighted by Gasteiger charge is 2.23. The topological polar surface area (TPSA) is 89.6 Å². The highest BCUT2D eigenvalue weighted by atomic mass is 35.5. The van der Waals surface area contributed by atoms with Gasteiger partial charge in [0.15, 0.2) is 5.76 Å². The van der Waals surface area contributed by atoms with Crippen molar-refractivity contribution in [2.45, 2.75) is 45.6 Å². The number of ether oxygens (including phenoxy) is 1. The van der Waals surface area contributed by atoms with Crippen LogP contribution in [0.15, 0.2) is 59.1 Å². The number of carbonyl (C=O) groups is 2. The Kier molecular flexibility index (Phi) is 7.17. The van der Waals surface area contributed by atoms with Crippen molar-refractivity contribution in [3.8, 4) is 11.3 Å². The highest BCUT2D eigenvalue weighted by Crippen LogP contribution is 2.34. The molecule has 1 heterocycles. The van der Waals surface area contributed by atoms with Gasteiger partial charge in [0.2, 0.25) is 0 Å². The molecular formula is C27H26ClNO5. The number of carbonyl (C=O) groups excluding carboxylic acids is 1. The Balaban J connectivity index is 1.52. The van der Waals surface area contributed by atoms with E-state index >= 15 is 0 Å². The number of benzene rings is 2. The molecule has 7 heteroatoms. The Morgan fingerprint density at radius 3 is 2.68 bits per heavy atom.